The molecular weight excluding hydrogens is 368 g/mol. The van der Waals surface area contributed by atoms with E-state index in [-0.39, 0.29) is 12.5 Å². The minimum Gasteiger partial charge on any atom is -0.490 e. The molecular formula is C20H19ClN2O4. The molecule has 1 atom stereocenters. The number of nitrogens with one attached hydrogen (secondary N) is 1. The molecule has 2 aromatic carbocycles. The monoisotopic (exact) mass is 386 g/mol. The van der Waals surface area contributed by atoms with Crippen LogP contribution in [0.25, 0.3) is 0 Å². The van der Waals surface area contributed by atoms with Crippen LogP contribution >= 0.6 is 11.6 Å². The van der Waals surface area contributed by atoms with Gasteiger partial charge in [0.1, 0.15) is 5.54 Å². The highest BCUT2D eigenvalue weighted by Crippen LogP contribution is 2.37. The van der Waals surface area contributed by atoms with Gasteiger partial charge in [0.15, 0.2) is 11.5 Å². The Labute approximate surface area is 162 Å². The number of fused-ring (bicyclic) bond motifs is 1. The summed E-state index contributed by atoms with van der Waals surface area (Å²) in [6.45, 7) is 3.03. The van der Waals surface area contributed by atoms with Crippen molar-refractivity contribution in [3.05, 3.63) is 58.6 Å². The predicted octanol–water partition coefficient (Wildman–Crippen LogP) is 3.47. The molecule has 0 aliphatic carbocycles. The van der Waals surface area contributed by atoms with E-state index in [1.165, 1.54) is 4.90 Å². The van der Waals surface area contributed by atoms with E-state index < -0.39 is 11.6 Å². The molecule has 0 radical (unpaired) electrons. The molecule has 0 saturated carbocycles. The Morgan fingerprint density at radius 3 is 2.52 bits per heavy atom. The third-order valence-electron chi connectivity index (χ3n) is 4.85. The zero-order valence-electron chi connectivity index (χ0n) is 14.8. The zero-order valence-corrected chi connectivity index (χ0v) is 15.6. The van der Waals surface area contributed by atoms with Gasteiger partial charge in [-0.05, 0) is 42.3 Å². The Morgan fingerprint density at radius 1 is 1.07 bits per heavy atom. The Morgan fingerprint density at radius 2 is 1.78 bits per heavy atom. The lowest BCUT2D eigenvalue weighted by molar-refractivity contribution is -0.131. The number of carbonyl (C=O) groups excluding carboxylic acids is 2. The van der Waals surface area contributed by atoms with Crippen molar-refractivity contribution in [2.45, 2.75) is 25.4 Å². The second kappa shape index (κ2) is 6.78. The van der Waals surface area contributed by atoms with Crippen molar-refractivity contribution < 1.29 is 19.1 Å². The van der Waals surface area contributed by atoms with Gasteiger partial charge in [-0.25, -0.2) is 4.79 Å². The van der Waals surface area contributed by atoms with E-state index >= 15 is 0 Å². The van der Waals surface area contributed by atoms with Crippen molar-refractivity contribution in [3.8, 4) is 11.5 Å². The standard InChI is InChI=1S/C20H19ClN2O4/c1-20(14-5-8-16-17(11-14)27-10-2-9-26-16)18(24)23(19(25)22-20)12-13-3-6-15(21)7-4-13/h3-8,11H,2,9-10,12H2,1H3,(H,22,25). The first-order valence-electron chi connectivity index (χ1n) is 8.76. The van der Waals surface area contributed by atoms with Crippen molar-refractivity contribution in [2.24, 2.45) is 0 Å². The minimum absolute atomic E-state index is 0.183. The molecule has 6 nitrogen and oxygen atoms in total. The lowest BCUT2D eigenvalue weighted by Gasteiger charge is -2.23. The number of hydrogen-bond acceptors (Lipinski definition) is 4. The summed E-state index contributed by atoms with van der Waals surface area (Å²) in [5.74, 6) is 0.927. The van der Waals surface area contributed by atoms with E-state index in [1.807, 2.05) is 0 Å². The van der Waals surface area contributed by atoms with E-state index in [0.717, 1.165) is 12.0 Å². The molecule has 1 N–H and O–H groups in total. The SMILES string of the molecule is CC1(c2ccc3c(c2)OCCCO3)NC(=O)N(Cc2ccc(Cl)cc2)C1=O. The van der Waals surface area contributed by atoms with Crippen LogP contribution in [0.2, 0.25) is 5.02 Å². The molecule has 2 aliphatic rings. The molecule has 3 amide bonds. The van der Waals surface area contributed by atoms with Gasteiger partial charge in [-0.15, -0.1) is 0 Å². The van der Waals surface area contributed by atoms with E-state index in [9.17, 15) is 9.59 Å². The van der Waals surface area contributed by atoms with Crippen molar-refractivity contribution in [1.82, 2.24) is 10.2 Å². The van der Waals surface area contributed by atoms with Crippen molar-refractivity contribution >= 4 is 23.5 Å². The molecule has 140 valence electrons. The number of nitrogens with zero attached hydrogens (tertiary/aromatic N) is 1. The van der Waals surface area contributed by atoms with Crippen LogP contribution in [-0.2, 0) is 16.9 Å². The Hall–Kier alpha value is -2.73. The van der Waals surface area contributed by atoms with Crippen LogP contribution in [0.5, 0.6) is 11.5 Å². The molecule has 0 bridgehead atoms. The number of benzene rings is 2. The number of imide groups is 1. The largest absolute Gasteiger partial charge is 0.490 e. The molecule has 1 saturated heterocycles. The Kier molecular flexibility index (Phi) is 4.44. The molecule has 1 fully saturated rings. The first kappa shape index (κ1) is 17.7. The van der Waals surface area contributed by atoms with Gasteiger partial charge in [0.05, 0.1) is 19.8 Å². The van der Waals surface area contributed by atoms with Crippen LogP contribution in [0, 0.1) is 0 Å². The number of ether oxygens (including phenoxy) is 2. The fourth-order valence-electron chi connectivity index (χ4n) is 3.28. The van der Waals surface area contributed by atoms with Gasteiger partial charge in [-0.1, -0.05) is 29.8 Å². The van der Waals surface area contributed by atoms with Gasteiger partial charge in [0.2, 0.25) is 0 Å². The molecule has 4 rings (SSSR count). The zero-order chi connectivity index (χ0) is 19.0. The summed E-state index contributed by atoms with van der Waals surface area (Å²) in [6.07, 6.45) is 0.797. The minimum atomic E-state index is -1.16. The predicted molar refractivity (Wildman–Crippen MR) is 99.9 cm³/mol. The Bertz CT molecular complexity index is 899. The fourth-order valence-corrected chi connectivity index (χ4v) is 3.41. The van der Waals surface area contributed by atoms with Gasteiger partial charge >= 0.3 is 6.03 Å². The molecule has 2 aromatic rings. The number of hydrogen-bond donors (Lipinski definition) is 1. The third kappa shape index (κ3) is 3.21. The second-order valence-corrected chi connectivity index (χ2v) is 7.22. The summed E-state index contributed by atoms with van der Waals surface area (Å²) in [4.78, 5) is 26.8. The lowest BCUT2D eigenvalue weighted by atomic mass is 9.91. The van der Waals surface area contributed by atoms with Gasteiger partial charge in [-0.3, -0.25) is 9.69 Å². The van der Waals surface area contributed by atoms with E-state index in [2.05, 4.69) is 5.32 Å². The smallest absolute Gasteiger partial charge is 0.325 e. The van der Waals surface area contributed by atoms with E-state index in [0.29, 0.717) is 35.3 Å². The van der Waals surface area contributed by atoms with Gasteiger partial charge in [-0.2, -0.15) is 0 Å². The quantitative estimate of drug-likeness (QED) is 0.820. The first-order valence-corrected chi connectivity index (χ1v) is 9.14. The van der Waals surface area contributed by atoms with Gasteiger partial charge < -0.3 is 14.8 Å². The highest BCUT2D eigenvalue weighted by atomic mass is 35.5. The van der Waals surface area contributed by atoms with Gasteiger partial charge in [0.25, 0.3) is 5.91 Å². The molecule has 2 aliphatic heterocycles. The summed E-state index contributed by atoms with van der Waals surface area (Å²) in [5.41, 5.74) is 0.323. The highest BCUT2D eigenvalue weighted by molar-refractivity contribution is 6.30. The number of carbonyl (C=O) groups is 2. The first-order chi connectivity index (χ1) is 13.0. The molecule has 2 heterocycles. The average molecular weight is 387 g/mol. The van der Waals surface area contributed by atoms with Crippen LogP contribution in [0.3, 0.4) is 0 Å². The van der Waals surface area contributed by atoms with Crippen LogP contribution in [-0.4, -0.2) is 30.1 Å². The number of amides is 3. The van der Waals surface area contributed by atoms with Crippen LogP contribution in [0.4, 0.5) is 4.79 Å². The summed E-state index contributed by atoms with van der Waals surface area (Å²) < 4.78 is 11.4. The number of halogens is 1. The summed E-state index contributed by atoms with van der Waals surface area (Å²) in [7, 11) is 0. The maximum absolute atomic E-state index is 13.1. The van der Waals surface area contributed by atoms with Gasteiger partial charge in [0, 0.05) is 11.4 Å². The lowest BCUT2D eigenvalue weighted by Crippen LogP contribution is -2.40. The average Bonchev–Trinajstić information content (AvgIpc) is 2.84. The third-order valence-corrected chi connectivity index (χ3v) is 5.11. The molecule has 0 spiro atoms. The maximum Gasteiger partial charge on any atom is 0.325 e. The molecule has 0 aromatic heterocycles. The van der Waals surface area contributed by atoms with Crippen molar-refractivity contribution in [1.29, 1.82) is 0 Å². The summed E-state index contributed by atoms with van der Waals surface area (Å²) in [5, 5.41) is 3.42. The molecule has 1 unspecified atom stereocenters. The molecule has 27 heavy (non-hydrogen) atoms. The topological polar surface area (TPSA) is 67.9 Å². The maximum atomic E-state index is 13.1. The highest BCUT2D eigenvalue weighted by Gasteiger charge is 2.49. The summed E-state index contributed by atoms with van der Waals surface area (Å²) in [6, 6.07) is 12.0. The van der Waals surface area contributed by atoms with Crippen molar-refractivity contribution in [3.63, 3.8) is 0 Å². The van der Waals surface area contributed by atoms with E-state index in [4.69, 9.17) is 21.1 Å². The number of urea groups is 1. The number of rotatable bonds is 3. The van der Waals surface area contributed by atoms with Crippen molar-refractivity contribution in [2.75, 3.05) is 13.2 Å². The summed E-state index contributed by atoms with van der Waals surface area (Å²) >= 11 is 5.90. The fraction of sp³-hybridized carbons (Fsp3) is 0.300. The second-order valence-electron chi connectivity index (χ2n) is 6.78. The van der Waals surface area contributed by atoms with Crippen LogP contribution in [0.15, 0.2) is 42.5 Å². The Balaban J connectivity index is 1.61. The molecule has 7 heteroatoms. The van der Waals surface area contributed by atoms with E-state index in [1.54, 1.807) is 49.4 Å². The normalized spacial score (nSPS) is 21.8. The van der Waals surface area contributed by atoms with Crippen LogP contribution in [0.1, 0.15) is 24.5 Å². The van der Waals surface area contributed by atoms with Crippen LogP contribution < -0.4 is 14.8 Å².